The monoisotopic (exact) mass is 493 g/mol. The third kappa shape index (κ3) is 7.70. The minimum Gasteiger partial charge on any atom is -0.356 e. The summed E-state index contributed by atoms with van der Waals surface area (Å²) >= 11 is 1.82. The molecule has 1 aromatic heterocycles. The van der Waals surface area contributed by atoms with E-state index in [0.29, 0.717) is 5.92 Å². The quantitative estimate of drug-likeness (QED) is 0.348. The van der Waals surface area contributed by atoms with Crippen LogP contribution in [0.4, 0.5) is 0 Å². The van der Waals surface area contributed by atoms with Crippen molar-refractivity contribution in [3.63, 3.8) is 0 Å². The molecule has 1 aromatic rings. The van der Waals surface area contributed by atoms with Crippen LogP contribution in [0, 0.1) is 5.92 Å². The van der Waals surface area contributed by atoms with Crippen molar-refractivity contribution < 1.29 is 0 Å². The normalized spacial score (nSPS) is 18.3. The third-order valence-corrected chi connectivity index (χ3v) is 6.13. The van der Waals surface area contributed by atoms with Crippen LogP contribution in [0.3, 0.4) is 0 Å². The van der Waals surface area contributed by atoms with Gasteiger partial charge in [0.25, 0.3) is 0 Å². The second kappa shape index (κ2) is 11.5. The fraction of sp³-hybridized carbons (Fsp3) is 0.737. The number of rotatable bonds is 7. The first-order chi connectivity index (χ1) is 11.9. The maximum atomic E-state index is 4.38. The van der Waals surface area contributed by atoms with Crippen LogP contribution in [0.25, 0.3) is 0 Å². The average Bonchev–Trinajstić information content (AvgIpc) is 3.12. The van der Waals surface area contributed by atoms with Crippen LogP contribution in [0.1, 0.15) is 25.6 Å². The lowest BCUT2D eigenvalue weighted by Crippen LogP contribution is -2.48. The van der Waals surface area contributed by atoms with E-state index >= 15 is 0 Å². The van der Waals surface area contributed by atoms with Gasteiger partial charge < -0.3 is 20.4 Å². The first kappa shape index (κ1) is 23.7. The number of piperazine rings is 1. The third-order valence-electron chi connectivity index (χ3n) is 4.89. The zero-order valence-corrected chi connectivity index (χ0v) is 20.1. The molecule has 2 rings (SSSR count). The van der Waals surface area contributed by atoms with Gasteiger partial charge in [0.15, 0.2) is 5.96 Å². The number of hydrogen-bond donors (Lipinski definition) is 2. The zero-order chi connectivity index (χ0) is 18.3. The number of guanidine groups is 1. The molecule has 150 valence electrons. The molecular weight excluding hydrogens is 457 g/mol. The second-order valence-corrected chi connectivity index (χ2v) is 8.82. The highest BCUT2D eigenvalue weighted by Gasteiger charge is 2.22. The Balaban J connectivity index is 0.00000338. The van der Waals surface area contributed by atoms with Gasteiger partial charge in [0.1, 0.15) is 0 Å². The Kier molecular flexibility index (Phi) is 10.4. The topological polar surface area (TPSA) is 42.9 Å². The maximum Gasteiger partial charge on any atom is 0.191 e. The Morgan fingerprint density at radius 1 is 1.27 bits per heavy atom. The van der Waals surface area contributed by atoms with Gasteiger partial charge in [-0.3, -0.25) is 4.99 Å². The molecule has 1 saturated heterocycles. The summed E-state index contributed by atoms with van der Waals surface area (Å²) in [5.41, 5.74) is 0.108. The molecule has 0 bridgehead atoms. The van der Waals surface area contributed by atoms with Crippen molar-refractivity contribution in [2.75, 3.05) is 59.9 Å². The molecule has 1 atom stereocenters. The summed E-state index contributed by atoms with van der Waals surface area (Å²) in [4.78, 5) is 10.8. The van der Waals surface area contributed by atoms with E-state index in [9.17, 15) is 0 Å². The lowest BCUT2D eigenvalue weighted by atomic mass is 9.91. The SMILES string of the molecule is CN=C(NCC(C)CN1CCN(C)CC1)NCC(C)(C)c1cccs1.I. The van der Waals surface area contributed by atoms with Gasteiger partial charge in [0, 0.05) is 63.2 Å². The average molecular weight is 494 g/mol. The highest BCUT2D eigenvalue weighted by Crippen LogP contribution is 2.26. The molecule has 1 aliphatic rings. The zero-order valence-electron chi connectivity index (χ0n) is 16.9. The van der Waals surface area contributed by atoms with Gasteiger partial charge in [-0.2, -0.15) is 0 Å². The molecule has 1 fully saturated rings. The van der Waals surface area contributed by atoms with Crippen LogP contribution in [-0.2, 0) is 5.41 Å². The van der Waals surface area contributed by atoms with Gasteiger partial charge in [-0.05, 0) is 24.4 Å². The lowest BCUT2D eigenvalue weighted by molar-refractivity contribution is 0.139. The lowest BCUT2D eigenvalue weighted by Gasteiger charge is -2.34. The summed E-state index contributed by atoms with van der Waals surface area (Å²) in [6, 6.07) is 4.33. The van der Waals surface area contributed by atoms with Crippen LogP contribution in [0.2, 0.25) is 0 Å². The molecule has 0 spiro atoms. The van der Waals surface area contributed by atoms with E-state index in [2.05, 4.69) is 70.8 Å². The van der Waals surface area contributed by atoms with E-state index in [1.807, 2.05) is 18.4 Å². The molecule has 0 amide bonds. The van der Waals surface area contributed by atoms with Crippen molar-refractivity contribution in [3.05, 3.63) is 22.4 Å². The second-order valence-electron chi connectivity index (χ2n) is 7.88. The van der Waals surface area contributed by atoms with Gasteiger partial charge in [-0.15, -0.1) is 35.3 Å². The first-order valence-electron chi connectivity index (χ1n) is 9.30. The summed E-state index contributed by atoms with van der Waals surface area (Å²) in [5, 5.41) is 9.12. The molecule has 5 nitrogen and oxygen atoms in total. The Morgan fingerprint density at radius 3 is 2.54 bits per heavy atom. The fourth-order valence-corrected chi connectivity index (χ4v) is 3.93. The van der Waals surface area contributed by atoms with Crippen molar-refractivity contribution in [1.29, 1.82) is 0 Å². The summed E-state index contributed by atoms with van der Waals surface area (Å²) in [5.74, 6) is 1.50. The summed E-state index contributed by atoms with van der Waals surface area (Å²) in [6.07, 6.45) is 0. The van der Waals surface area contributed by atoms with Crippen molar-refractivity contribution in [2.45, 2.75) is 26.2 Å². The summed E-state index contributed by atoms with van der Waals surface area (Å²) in [6.45, 7) is 14.6. The number of hydrogen-bond acceptors (Lipinski definition) is 4. The molecule has 26 heavy (non-hydrogen) atoms. The van der Waals surface area contributed by atoms with Crippen LogP contribution < -0.4 is 10.6 Å². The predicted molar refractivity (Wildman–Crippen MR) is 125 cm³/mol. The molecule has 1 unspecified atom stereocenters. The Bertz CT molecular complexity index is 524. The highest BCUT2D eigenvalue weighted by molar-refractivity contribution is 14.0. The van der Waals surface area contributed by atoms with Crippen LogP contribution in [0.15, 0.2) is 22.5 Å². The van der Waals surface area contributed by atoms with Crippen molar-refractivity contribution >= 4 is 41.3 Å². The van der Waals surface area contributed by atoms with Gasteiger partial charge >= 0.3 is 0 Å². The standard InChI is InChI=1S/C19H35N5S.HI/c1-16(14-24-10-8-23(5)9-11-24)13-21-18(20-4)22-15-19(2,3)17-7-6-12-25-17;/h6-7,12,16H,8-11,13-15H2,1-5H3,(H2,20,21,22);1H. The van der Waals surface area contributed by atoms with E-state index in [1.54, 1.807) is 0 Å². The van der Waals surface area contributed by atoms with E-state index in [4.69, 9.17) is 0 Å². The van der Waals surface area contributed by atoms with E-state index in [0.717, 1.165) is 25.6 Å². The maximum absolute atomic E-state index is 4.38. The summed E-state index contributed by atoms with van der Waals surface area (Å²) < 4.78 is 0. The van der Waals surface area contributed by atoms with Gasteiger partial charge in [0.05, 0.1) is 0 Å². The number of likely N-dealkylation sites (N-methyl/N-ethyl adjacent to an activating group) is 1. The molecule has 2 heterocycles. The van der Waals surface area contributed by atoms with Gasteiger partial charge in [0.2, 0.25) is 0 Å². The number of nitrogens with one attached hydrogen (secondary N) is 2. The molecule has 1 aliphatic heterocycles. The molecule has 0 radical (unpaired) electrons. The highest BCUT2D eigenvalue weighted by atomic mass is 127. The van der Waals surface area contributed by atoms with Crippen LogP contribution in [-0.4, -0.2) is 75.7 Å². The van der Waals surface area contributed by atoms with Gasteiger partial charge in [-0.1, -0.05) is 26.8 Å². The van der Waals surface area contributed by atoms with Crippen molar-refractivity contribution in [2.24, 2.45) is 10.9 Å². The molecular formula is C19H36IN5S. The predicted octanol–water partition coefficient (Wildman–Crippen LogP) is 2.69. The van der Waals surface area contributed by atoms with E-state index < -0.39 is 0 Å². The largest absolute Gasteiger partial charge is 0.356 e. The Morgan fingerprint density at radius 2 is 1.96 bits per heavy atom. The number of aliphatic imine (C=N–C) groups is 1. The summed E-state index contributed by atoms with van der Waals surface area (Å²) in [7, 11) is 4.05. The van der Waals surface area contributed by atoms with Crippen molar-refractivity contribution in [3.8, 4) is 0 Å². The van der Waals surface area contributed by atoms with Crippen LogP contribution in [0.5, 0.6) is 0 Å². The number of halogens is 1. The number of nitrogens with zero attached hydrogens (tertiary/aromatic N) is 3. The van der Waals surface area contributed by atoms with Crippen molar-refractivity contribution in [1.82, 2.24) is 20.4 Å². The van der Waals surface area contributed by atoms with Crippen LogP contribution >= 0.6 is 35.3 Å². The molecule has 2 N–H and O–H groups in total. The minimum absolute atomic E-state index is 0. The molecule has 0 aliphatic carbocycles. The van der Waals surface area contributed by atoms with E-state index in [1.165, 1.54) is 31.1 Å². The molecule has 0 saturated carbocycles. The molecule has 0 aromatic carbocycles. The van der Waals surface area contributed by atoms with E-state index in [-0.39, 0.29) is 29.4 Å². The van der Waals surface area contributed by atoms with Gasteiger partial charge in [-0.25, -0.2) is 0 Å². The number of thiophene rings is 1. The Labute approximate surface area is 180 Å². The Hall–Kier alpha value is -0.380. The smallest absolute Gasteiger partial charge is 0.191 e. The minimum atomic E-state index is 0. The fourth-order valence-electron chi connectivity index (χ4n) is 3.08. The first-order valence-corrected chi connectivity index (χ1v) is 10.2. The molecule has 7 heteroatoms.